The summed E-state index contributed by atoms with van der Waals surface area (Å²) in [6, 6.07) is 0. The van der Waals surface area contributed by atoms with Crippen molar-refractivity contribution >= 4 is 0 Å². The molecule has 10 atom stereocenters. The zero-order valence-corrected chi connectivity index (χ0v) is 29.6. The summed E-state index contributed by atoms with van der Waals surface area (Å²) in [6.07, 6.45) is 28.5. The highest BCUT2D eigenvalue weighted by Gasteiger charge is 2.40. The molecular formula is C40H72O2. The lowest BCUT2D eigenvalue weighted by Gasteiger charge is -2.45. The second kappa shape index (κ2) is 17.6. The first kappa shape index (κ1) is 37.3. The topological polar surface area (TPSA) is 40.5 Å². The number of aliphatic hydroxyl groups excluding tert-OH is 2. The Bertz CT molecular complexity index is 835. The van der Waals surface area contributed by atoms with Crippen LogP contribution in [0, 0.1) is 58.2 Å². The van der Waals surface area contributed by atoms with Crippen molar-refractivity contribution in [3.8, 4) is 0 Å². The molecule has 2 saturated carbocycles. The van der Waals surface area contributed by atoms with Crippen molar-refractivity contribution in [2.45, 2.75) is 158 Å². The molecule has 0 aromatic rings. The van der Waals surface area contributed by atoms with Crippen LogP contribution in [-0.2, 0) is 0 Å². The third-order valence-electron chi connectivity index (χ3n) is 11.3. The van der Waals surface area contributed by atoms with Crippen LogP contribution < -0.4 is 0 Å². The summed E-state index contributed by atoms with van der Waals surface area (Å²) in [5.74, 6) is 4.99. The lowest BCUT2D eigenvalue weighted by molar-refractivity contribution is -0.0173. The van der Waals surface area contributed by atoms with E-state index < -0.39 is 0 Å². The van der Waals surface area contributed by atoms with E-state index in [1.54, 1.807) is 0 Å². The molecule has 0 unspecified atom stereocenters. The van der Waals surface area contributed by atoms with E-state index in [0.29, 0.717) is 35.5 Å². The van der Waals surface area contributed by atoms with Crippen molar-refractivity contribution in [3.05, 3.63) is 36.5 Å². The van der Waals surface area contributed by atoms with E-state index in [-0.39, 0.29) is 23.0 Å². The van der Waals surface area contributed by atoms with Crippen LogP contribution in [0.15, 0.2) is 36.5 Å². The van der Waals surface area contributed by atoms with Gasteiger partial charge in [0.1, 0.15) is 0 Å². The van der Waals surface area contributed by atoms with Crippen molar-refractivity contribution in [2.75, 3.05) is 0 Å². The van der Waals surface area contributed by atoms with Gasteiger partial charge in [-0.05, 0) is 116 Å². The SMILES string of the molecule is C[C@H](C/C=C/[C@@H](C)CCCC[C@H](C)/C=C/C[C@@H](C)/C=C/[C@@H]1C[C@H](C)[C@H](O)CC1(C)C)CC[C@@H]1[C@H](C)C[C@H](O)CC1(C)C. The second-order valence-electron chi connectivity index (χ2n) is 16.9. The largest absolute Gasteiger partial charge is 0.393 e. The molecule has 0 heterocycles. The maximum Gasteiger partial charge on any atom is 0.0571 e. The van der Waals surface area contributed by atoms with Crippen LogP contribution in [0.4, 0.5) is 0 Å². The highest BCUT2D eigenvalue weighted by atomic mass is 16.3. The Morgan fingerprint density at radius 2 is 1.29 bits per heavy atom. The molecule has 0 aromatic heterocycles. The van der Waals surface area contributed by atoms with Gasteiger partial charge in [-0.2, -0.15) is 0 Å². The van der Waals surface area contributed by atoms with Gasteiger partial charge < -0.3 is 10.2 Å². The number of rotatable bonds is 16. The molecule has 2 nitrogen and oxygen atoms in total. The van der Waals surface area contributed by atoms with Gasteiger partial charge in [0, 0.05) is 0 Å². The van der Waals surface area contributed by atoms with Crippen LogP contribution in [0.25, 0.3) is 0 Å². The minimum Gasteiger partial charge on any atom is -0.393 e. The van der Waals surface area contributed by atoms with Crippen molar-refractivity contribution in [1.29, 1.82) is 0 Å². The van der Waals surface area contributed by atoms with Gasteiger partial charge in [0.2, 0.25) is 0 Å². The summed E-state index contributed by atoms with van der Waals surface area (Å²) >= 11 is 0. The predicted octanol–water partition coefficient (Wildman–Crippen LogP) is 11.2. The molecule has 42 heavy (non-hydrogen) atoms. The number of hydrogen-bond acceptors (Lipinski definition) is 2. The molecule has 0 aromatic carbocycles. The molecule has 2 N–H and O–H groups in total. The minimum absolute atomic E-state index is 0.101. The molecule has 0 saturated heterocycles. The maximum atomic E-state index is 10.3. The molecular weight excluding hydrogens is 512 g/mol. The van der Waals surface area contributed by atoms with Gasteiger partial charge >= 0.3 is 0 Å². The summed E-state index contributed by atoms with van der Waals surface area (Å²) in [4.78, 5) is 0. The van der Waals surface area contributed by atoms with E-state index in [9.17, 15) is 10.2 Å². The molecule has 2 aliphatic rings. The number of aliphatic hydroxyl groups is 2. The fourth-order valence-corrected chi connectivity index (χ4v) is 8.17. The van der Waals surface area contributed by atoms with E-state index in [0.717, 1.165) is 43.9 Å². The maximum absolute atomic E-state index is 10.3. The Hall–Kier alpha value is -0.860. The van der Waals surface area contributed by atoms with Crippen LogP contribution >= 0.6 is 0 Å². The van der Waals surface area contributed by atoms with Crippen LogP contribution in [0.5, 0.6) is 0 Å². The van der Waals surface area contributed by atoms with Gasteiger partial charge in [-0.1, -0.05) is 125 Å². The lowest BCUT2D eigenvalue weighted by Crippen LogP contribution is -2.40. The number of allylic oxidation sites excluding steroid dienone is 6. The monoisotopic (exact) mass is 585 g/mol. The Labute approximate surface area is 262 Å². The molecule has 0 aliphatic heterocycles. The Morgan fingerprint density at radius 3 is 1.88 bits per heavy atom. The molecule has 0 amide bonds. The Morgan fingerprint density at radius 1 is 0.690 bits per heavy atom. The summed E-state index contributed by atoms with van der Waals surface area (Å²) in [5.41, 5.74) is 0.456. The normalized spacial score (nSPS) is 32.9. The highest BCUT2D eigenvalue weighted by molar-refractivity contribution is 5.03. The molecule has 0 radical (unpaired) electrons. The van der Waals surface area contributed by atoms with Gasteiger partial charge in [0.25, 0.3) is 0 Å². The average Bonchev–Trinajstić information content (AvgIpc) is 2.86. The minimum atomic E-state index is -0.142. The third kappa shape index (κ3) is 13.0. The van der Waals surface area contributed by atoms with Crippen LogP contribution in [0.1, 0.15) is 146 Å². The van der Waals surface area contributed by atoms with Gasteiger partial charge in [-0.15, -0.1) is 0 Å². The first-order chi connectivity index (χ1) is 19.6. The van der Waals surface area contributed by atoms with Gasteiger partial charge in [0.05, 0.1) is 12.2 Å². The van der Waals surface area contributed by atoms with Crippen LogP contribution in [0.3, 0.4) is 0 Å². The van der Waals surface area contributed by atoms with Gasteiger partial charge in [0.15, 0.2) is 0 Å². The second-order valence-corrected chi connectivity index (χ2v) is 16.9. The van der Waals surface area contributed by atoms with E-state index in [4.69, 9.17) is 0 Å². The van der Waals surface area contributed by atoms with E-state index in [2.05, 4.69) is 106 Å². The first-order valence-corrected chi connectivity index (χ1v) is 18.0. The number of unbranched alkanes of at least 4 members (excludes halogenated alkanes) is 1. The summed E-state index contributed by atoms with van der Waals surface area (Å²) in [6.45, 7) is 23.4. The summed E-state index contributed by atoms with van der Waals surface area (Å²) in [5, 5.41) is 20.5. The van der Waals surface area contributed by atoms with E-state index >= 15 is 0 Å². The fourth-order valence-electron chi connectivity index (χ4n) is 8.17. The lowest BCUT2D eigenvalue weighted by atomic mass is 9.61. The number of hydrogen-bond donors (Lipinski definition) is 2. The predicted molar refractivity (Wildman–Crippen MR) is 184 cm³/mol. The molecule has 0 spiro atoms. The first-order valence-electron chi connectivity index (χ1n) is 18.0. The molecule has 2 fully saturated rings. The van der Waals surface area contributed by atoms with Gasteiger partial charge in [-0.3, -0.25) is 0 Å². The Balaban J connectivity index is 1.58. The standard InChI is InChI=1S/C40H72O2/c1-29(17-13-19-31(3)21-23-35-25-34(6)38(42)28-39(35,7)8)15-11-12-16-30(2)18-14-20-32(4)22-24-37-33(5)26-36(41)27-40(37,9)10/h13-14,17-18,21,23,29-38,41-42H,11-12,15-16,19-20,22,24-28H2,1-10H3/b17-13+,18-14+,23-21+/t29-,30-,31+,32+,33+,34-,35+,36-,37+,38+/m0/s1. The van der Waals surface area contributed by atoms with E-state index in [1.165, 1.54) is 44.9 Å². The quantitative estimate of drug-likeness (QED) is 0.140. The Kier molecular flexibility index (Phi) is 15.6. The summed E-state index contributed by atoms with van der Waals surface area (Å²) in [7, 11) is 0. The van der Waals surface area contributed by atoms with Crippen LogP contribution in [-0.4, -0.2) is 22.4 Å². The fraction of sp³-hybridized carbons (Fsp3) is 0.850. The van der Waals surface area contributed by atoms with Crippen molar-refractivity contribution in [2.24, 2.45) is 58.2 Å². The molecule has 0 bridgehead atoms. The molecule has 244 valence electrons. The molecule has 2 heteroatoms. The van der Waals surface area contributed by atoms with Crippen molar-refractivity contribution in [1.82, 2.24) is 0 Å². The van der Waals surface area contributed by atoms with Crippen molar-refractivity contribution in [3.63, 3.8) is 0 Å². The van der Waals surface area contributed by atoms with Gasteiger partial charge in [-0.25, -0.2) is 0 Å². The average molecular weight is 585 g/mol. The zero-order chi connectivity index (χ0) is 31.5. The smallest absolute Gasteiger partial charge is 0.0571 e. The molecule has 2 rings (SSSR count). The van der Waals surface area contributed by atoms with E-state index in [1.807, 2.05) is 0 Å². The summed E-state index contributed by atoms with van der Waals surface area (Å²) < 4.78 is 0. The van der Waals surface area contributed by atoms with Crippen LogP contribution in [0.2, 0.25) is 0 Å². The molecule has 2 aliphatic carbocycles. The zero-order valence-electron chi connectivity index (χ0n) is 29.6. The highest BCUT2D eigenvalue weighted by Crippen LogP contribution is 2.47. The third-order valence-corrected chi connectivity index (χ3v) is 11.3. The van der Waals surface area contributed by atoms with Crippen molar-refractivity contribution < 1.29 is 10.2 Å².